The molecule has 1 aromatic heterocycles. The summed E-state index contributed by atoms with van der Waals surface area (Å²) in [6, 6.07) is 60.6. The van der Waals surface area contributed by atoms with Crippen LogP contribution in [-0.2, 0) is 12.5 Å². The molecule has 0 radical (unpaired) electrons. The van der Waals surface area contributed by atoms with Crippen LogP contribution in [0.4, 0.5) is 0 Å². The van der Waals surface area contributed by atoms with Crippen molar-refractivity contribution in [3.05, 3.63) is 186 Å². The molecule has 0 saturated carbocycles. The molecule has 0 bridgehead atoms. The van der Waals surface area contributed by atoms with E-state index in [1.165, 1.54) is 77.2 Å². The molecule has 49 heavy (non-hydrogen) atoms. The summed E-state index contributed by atoms with van der Waals surface area (Å²) in [7, 11) is 2.11. The van der Waals surface area contributed by atoms with Gasteiger partial charge in [0.2, 0.25) is 0 Å². The van der Waals surface area contributed by atoms with Crippen LogP contribution in [0.2, 0.25) is 0 Å². The van der Waals surface area contributed by atoms with E-state index in [0.717, 1.165) is 22.4 Å². The minimum absolute atomic E-state index is 0.451. The second-order valence-electron chi connectivity index (χ2n) is 13.5. The van der Waals surface area contributed by atoms with Gasteiger partial charge >= 0.3 is 0 Å². The first kappa shape index (κ1) is 26.8. The number of aromatic nitrogens is 2. The number of rotatable bonds is 2. The Morgan fingerprint density at radius 3 is 1.90 bits per heavy atom. The fourth-order valence-corrected chi connectivity index (χ4v) is 9.23. The molecule has 9 aromatic rings. The van der Waals surface area contributed by atoms with Crippen molar-refractivity contribution in [2.24, 2.45) is 7.05 Å². The van der Waals surface area contributed by atoms with Gasteiger partial charge < -0.3 is 4.57 Å². The lowest BCUT2D eigenvalue weighted by Crippen LogP contribution is -2.26. The number of nitrogens with zero attached hydrogens (tertiary/aromatic N) is 2. The highest BCUT2D eigenvalue weighted by Crippen LogP contribution is 2.65. The summed E-state index contributed by atoms with van der Waals surface area (Å²) >= 11 is 0. The monoisotopic (exact) mass is 622 g/mol. The molecule has 0 fully saturated rings. The number of hydrogen-bond donors (Lipinski definition) is 0. The quantitative estimate of drug-likeness (QED) is 0.188. The maximum absolute atomic E-state index is 5.18. The fourth-order valence-electron chi connectivity index (χ4n) is 9.23. The van der Waals surface area contributed by atoms with Gasteiger partial charge in [-0.25, -0.2) is 4.98 Å². The van der Waals surface area contributed by atoms with Crippen molar-refractivity contribution < 1.29 is 0 Å². The van der Waals surface area contributed by atoms with E-state index in [0.29, 0.717) is 0 Å². The minimum atomic E-state index is -0.451. The Balaban J connectivity index is 1.27. The van der Waals surface area contributed by atoms with Gasteiger partial charge in [-0.05, 0) is 95.4 Å². The standard InChI is InChI=1S/C47H30N2/c1-49-43-26-24-31(27-42(43)48-46(49)30-14-3-2-4-15-30)38-28-41-44(36-20-8-7-17-33(36)38)37-25-23-29-13-5-6-16-32(29)45(37)47(41)39-21-11-9-18-34(39)35-19-10-12-22-40(35)47/h2-28H,1H3. The average Bonchev–Trinajstić information content (AvgIpc) is 3.78. The fraction of sp³-hybridized carbons (Fsp3) is 0.0426. The van der Waals surface area contributed by atoms with Gasteiger partial charge in [0.25, 0.3) is 0 Å². The number of imidazole rings is 1. The summed E-state index contributed by atoms with van der Waals surface area (Å²) < 4.78 is 2.21. The van der Waals surface area contributed by atoms with Crippen molar-refractivity contribution in [3.8, 4) is 44.8 Å². The van der Waals surface area contributed by atoms with Crippen LogP contribution < -0.4 is 0 Å². The second-order valence-corrected chi connectivity index (χ2v) is 13.5. The van der Waals surface area contributed by atoms with E-state index in [1.54, 1.807) is 0 Å². The molecule has 228 valence electrons. The third-order valence-electron chi connectivity index (χ3n) is 11.2. The summed E-state index contributed by atoms with van der Waals surface area (Å²) in [6.07, 6.45) is 0. The maximum atomic E-state index is 5.18. The van der Waals surface area contributed by atoms with Crippen LogP contribution in [0.3, 0.4) is 0 Å². The van der Waals surface area contributed by atoms with Crippen molar-refractivity contribution in [2.45, 2.75) is 5.41 Å². The van der Waals surface area contributed by atoms with Crippen molar-refractivity contribution in [2.75, 3.05) is 0 Å². The van der Waals surface area contributed by atoms with Crippen LogP contribution in [0.5, 0.6) is 0 Å². The summed E-state index contributed by atoms with van der Waals surface area (Å²) in [5, 5.41) is 5.14. The van der Waals surface area contributed by atoms with Crippen LogP contribution in [-0.4, -0.2) is 9.55 Å². The first-order valence-corrected chi connectivity index (χ1v) is 17.0. The van der Waals surface area contributed by atoms with E-state index in [9.17, 15) is 0 Å². The molecule has 2 nitrogen and oxygen atoms in total. The predicted molar refractivity (Wildman–Crippen MR) is 203 cm³/mol. The molecule has 0 amide bonds. The molecule has 0 atom stereocenters. The molecular weight excluding hydrogens is 593 g/mol. The highest BCUT2D eigenvalue weighted by molar-refractivity contribution is 6.14. The molecule has 2 heteroatoms. The highest BCUT2D eigenvalue weighted by Gasteiger charge is 2.53. The van der Waals surface area contributed by atoms with Crippen molar-refractivity contribution >= 4 is 32.6 Å². The Kier molecular flexibility index (Phi) is 5.28. The smallest absolute Gasteiger partial charge is 0.140 e. The highest BCUT2D eigenvalue weighted by atomic mass is 15.1. The van der Waals surface area contributed by atoms with Gasteiger partial charge in [-0.1, -0.05) is 146 Å². The number of fused-ring (bicyclic) bond motifs is 15. The molecule has 0 aliphatic heterocycles. The SMILES string of the molecule is Cn1c(-c2ccccc2)nc2cc(-c3cc4c(c5ccccc35)-c3ccc5ccccc5c3C43c4ccccc4-c4ccccc43)ccc21. The Bertz CT molecular complexity index is 2790. The van der Waals surface area contributed by atoms with Gasteiger partial charge in [0.05, 0.1) is 16.4 Å². The molecular formula is C47H30N2. The van der Waals surface area contributed by atoms with E-state index >= 15 is 0 Å². The van der Waals surface area contributed by atoms with Crippen LogP contribution in [0.1, 0.15) is 22.3 Å². The van der Waals surface area contributed by atoms with Crippen LogP contribution in [0.25, 0.3) is 77.3 Å². The zero-order valence-electron chi connectivity index (χ0n) is 27.0. The molecule has 2 aliphatic carbocycles. The maximum Gasteiger partial charge on any atom is 0.140 e. The van der Waals surface area contributed by atoms with Gasteiger partial charge in [0.15, 0.2) is 0 Å². The van der Waals surface area contributed by atoms with Gasteiger partial charge in [0.1, 0.15) is 5.82 Å². The van der Waals surface area contributed by atoms with Crippen molar-refractivity contribution in [1.82, 2.24) is 9.55 Å². The van der Waals surface area contributed by atoms with Crippen LogP contribution in [0, 0.1) is 0 Å². The topological polar surface area (TPSA) is 17.8 Å². The van der Waals surface area contributed by atoms with Crippen molar-refractivity contribution in [3.63, 3.8) is 0 Å². The molecule has 8 aromatic carbocycles. The average molecular weight is 623 g/mol. The van der Waals surface area contributed by atoms with E-state index < -0.39 is 5.41 Å². The summed E-state index contributed by atoms with van der Waals surface area (Å²) in [6.45, 7) is 0. The molecule has 1 spiro atoms. The lowest BCUT2D eigenvalue weighted by molar-refractivity contribution is 0.802. The zero-order valence-corrected chi connectivity index (χ0v) is 27.0. The van der Waals surface area contributed by atoms with Gasteiger partial charge in [-0.2, -0.15) is 0 Å². The number of aryl methyl sites for hydroxylation is 1. The summed E-state index contributed by atoms with van der Waals surface area (Å²) in [4.78, 5) is 5.18. The normalized spacial score (nSPS) is 13.6. The Labute approximate surface area is 284 Å². The Morgan fingerprint density at radius 1 is 0.469 bits per heavy atom. The van der Waals surface area contributed by atoms with Crippen LogP contribution in [0.15, 0.2) is 164 Å². The Hall–Kier alpha value is -6.25. The van der Waals surface area contributed by atoms with E-state index in [4.69, 9.17) is 4.98 Å². The molecule has 1 heterocycles. The largest absolute Gasteiger partial charge is 0.327 e. The second kappa shape index (κ2) is 9.65. The predicted octanol–water partition coefficient (Wildman–Crippen LogP) is 11.6. The van der Waals surface area contributed by atoms with Crippen LogP contribution >= 0.6 is 0 Å². The van der Waals surface area contributed by atoms with E-state index in [1.807, 2.05) is 0 Å². The zero-order chi connectivity index (χ0) is 32.3. The third kappa shape index (κ3) is 3.38. The van der Waals surface area contributed by atoms with E-state index in [-0.39, 0.29) is 0 Å². The molecule has 0 saturated heterocycles. The first-order chi connectivity index (χ1) is 24.2. The molecule has 11 rings (SSSR count). The lowest BCUT2D eigenvalue weighted by Gasteiger charge is -2.32. The first-order valence-electron chi connectivity index (χ1n) is 17.0. The lowest BCUT2D eigenvalue weighted by atomic mass is 9.69. The van der Waals surface area contributed by atoms with E-state index in [2.05, 4.69) is 175 Å². The summed E-state index contributed by atoms with van der Waals surface area (Å²) in [5.74, 6) is 0.979. The molecule has 0 unspecified atom stereocenters. The molecule has 2 aliphatic rings. The molecule has 0 N–H and O–H groups in total. The van der Waals surface area contributed by atoms with Gasteiger partial charge in [0, 0.05) is 12.6 Å². The Morgan fingerprint density at radius 2 is 1.12 bits per heavy atom. The summed E-state index contributed by atoms with van der Waals surface area (Å²) in [5.41, 5.74) is 16.0. The number of hydrogen-bond acceptors (Lipinski definition) is 1. The minimum Gasteiger partial charge on any atom is -0.327 e. The third-order valence-corrected chi connectivity index (χ3v) is 11.2. The number of benzene rings is 8. The van der Waals surface area contributed by atoms with Crippen molar-refractivity contribution in [1.29, 1.82) is 0 Å². The van der Waals surface area contributed by atoms with Gasteiger partial charge in [-0.15, -0.1) is 0 Å². The van der Waals surface area contributed by atoms with Gasteiger partial charge in [-0.3, -0.25) is 0 Å².